The normalized spacial score (nSPS) is 15.6. The lowest BCUT2D eigenvalue weighted by molar-refractivity contribution is -0.145. The van der Waals surface area contributed by atoms with Gasteiger partial charge in [-0.25, -0.2) is 17.9 Å². The number of carbonyl (C=O) groups is 2. The Morgan fingerprint density at radius 3 is 2.33 bits per heavy atom. The number of ether oxygens (including phenoxy) is 3. The first-order valence-electron chi connectivity index (χ1n) is 14.2. The number of amides is 1. The molecule has 2 rings (SSSR count). The Balaban J connectivity index is 1.69. The summed E-state index contributed by atoms with van der Waals surface area (Å²) in [7, 11) is -2.10. The maximum absolute atomic E-state index is 12.2. The van der Waals surface area contributed by atoms with E-state index in [0.29, 0.717) is 25.4 Å². The van der Waals surface area contributed by atoms with Crippen molar-refractivity contribution in [1.29, 1.82) is 0 Å². The Morgan fingerprint density at radius 1 is 1.08 bits per heavy atom. The van der Waals surface area contributed by atoms with Gasteiger partial charge < -0.3 is 19.1 Å². The van der Waals surface area contributed by atoms with E-state index < -0.39 is 27.5 Å². The van der Waals surface area contributed by atoms with Crippen molar-refractivity contribution in [2.24, 2.45) is 11.8 Å². The first-order chi connectivity index (χ1) is 18.4. The van der Waals surface area contributed by atoms with Crippen molar-refractivity contribution in [2.75, 3.05) is 39.1 Å². The van der Waals surface area contributed by atoms with Gasteiger partial charge in [-0.3, -0.25) is 4.79 Å². The van der Waals surface area contributed by atoms with Crippen LogP contribution in [0, 0.1) is 11.8 Å². The molecule has 1 aliphatic rings. The number of likely N-dealkylation sites (tertiary alicyclic amines) is 1. The first kappa shape index (κ1) is 32.9. The molecule has 0 saturated carbocycles. The number of hydrogen-bond donors (Lipinski definition) is 1. The maximum atomic E-state index is 12.2. The zero-order valence-electron chi connectivity index (χ0n) is 24.4. The lowest BCUT2D eigenvalue weighted by Gasteiger charge is -2.33. The molecule has 0 spiro atoms. The van der Waals surface area contributed by atoms with Crippen LogP contribution in [0.2, 0.25) is 0 Å². The van der Waals surface area contributed by atoms with Gasteiger partial charge >= 0.3 is 12.1 Å². The van der Waals surface area contributed by atoms with Gasteiger partial charge in [0, 0.05) is 19.6 Å². The summed E-state index contributed by atoms with van der Waals surface area (Å²) in [6.07, 6.45) is 6.69. The first-order valence-corrected chi connectivity index (χ1v) is 15.8. The third kappa shape index (κ3) is 13.0. The van der Waals surface area contributed by atoms with E-state index in [2.05, 4.69) is 4.72 Å². The van der Waals surface area contributed by atoms with Gasteiger partial charge in [-0.1, -0.05) is 31.9 Å². The van der Waals surface area contributed by atoms with Crippen LogP contribution in [0.25, 0.3) is 0 Å². The van der Waals surface area contributed by atoms with Crippen LogP contribution < -0.4 is 9.46 Å². The van der Waals surface area contributed by atoms with Gasteiger partial charge in [-0.15, -0.1) is 0 Å². The molecule has 0 bridgehead atoms. The molecule has 9 nitrogen and oxygen atoms in total. The monoisotopic (exact) mass is 568 g/mol. The third-order valence-electron chi connectivity index (χ3n) is 6.80. The van der Waals surface area contributed by atoms with Crippen molar-refractivity contribution in [3.8, 4) is 5.75 Å². The Kier molecular flexibility index (Phi) is 13.5. The van der Waals surface area contributed by atoms with Gasteiger partial charge in [0.25, 0.3) is 0 Å². The molecule has 1 unspecified atom stereocenters. The summed E-state index contributed by atoms with van der Waals surface area (Å²) in [5.74, 6) is 0.399. The Morgan fingerprint density at radius 2 is 1.74 bits per heavy atom. The average molecular weight is 569 g/mol. The van der Waals surface area contributed by atoms with Crippen LogP contribution in [0.4, 0.5) is 4.79 Å². The van der Waals surface area contributed by atoms with Crippen LogP contribution in [-0.4, -0.2) is 70.1 Å². The van der Waals surface area contributed by atoms with Crippen LogP contribution in [0.3, 0.4) is 0 Å². The molecule has 0 aromatic heterocycles. The van der Waals surface area contributed by atoms with E-state index in [9.17, 15) is 18.0 Å². The number of sulfonamides is 1. The van der Waals surface area contributed by atoms with Crippen molar-refractivity contribution >= 4 is 22.1 Å². The number of rotatable bonds is 15. The molecule has 1 atom stereocenters. The summed E-state index contributed by atoms with van der Waals surface area (Å²) in [5, 5.41) is 0. The van der Waals surface area contributed by atoms with Crippen molar-refractivity contribution in [1.82, 2.24) is 9.62 Å². The zero-order chi connectivity index (χ0) is 28.9. The van der Waals surface area contributed by atoms with Crippen molar-refractivity contribution < 1.29 is 32.2 Å². The smallest absolute Gasteiger partial charge is 0.410 e. The summed E-state index contributed by atoms with van der Waals surface area (Å²) in [6.45, 7) is 9.74. The molecular weight excluding hydrogens is 520 g/mol. The lowest BCUT2D eigenvalue weighted by atomic mass is 9.92. The van der Waals surface area contributed by atoms with Crippen LogP contribution in [0.15, 0.2) is 24.3 Å². The number of hydrogen-bond acceptors (Lipinski definition) is 7. The van der Waals surface area contributed by atoms with Crippen LogP contribution >= 0.6 is 0 Å². The quantitative estimate of drug-likeness (QED) is 0.236. The van der Waals surface area contributed by atoms with E-state index in [-0.39, 0.29) is 18.4 Å². The van der Waals surface area contributed by atoms with Gasteiger partial charge in [0.15, 0.2) is 0 Å². The minimum absolute atomic E-state index is 0.0109. The van der Waals surface area contributed by atoms with E-state index in [4.69, 9.17) is 14.2 Å². The van der Waals surface area contributed by atoms with E-state index in [1.165, 1.54) is 7.11 Å². The highest BCUT2D eigenvalue weighted by Crippen LogP contribution is 2.24. The molecule has 1 fully saturated rings. The molecule has 0 aliphatic carbocycles. The Bertz CT molecular complexity index is 982. The largest absolute Gasteiger partial charge is 0.494 e. The summed E-state index contributed by atoms with van der Waals surface area (Å²) in [4.78, 5) is 26.2. The minimum atomic E-state index is -3.41. The number of piperidine rings is 1. The lowest BCUT2D eigenvalue weighted by Crippen LogP contribution is -2.41. The highest BCUT2D eigenvalue weighted by molar-refractivity contribution is 7.89. The third-order valence-corrected chi connectivity index (χ3v) is 8.23. The highest BCUT2D eigenvalue weighted by atomic mass is 32.2. The summed E-state index contributed by atoms with van der Waals surface area (Å²) >= 11 is 0. The second-order valence-corrected chi connectivity index (χ2v) is 13.3. The van der Waals surface area contributed by atoms with E-state index in [0.717, 1.165) is 62.9 Å². The van der Waals surface area contributed by atoms with Crippen molar-refractivity contribution in [3.05, 3.63) is 29.8 Å². The molecule has 1 aromatic carbocycles. The second kappa shape index (κ2) is 16.1. The fourth-order valence-electron chi connectivity index (χ4n) is 4.50. The molecule has 1 aliphatic heterocycles. The average Bonchev–Trinajstić information content (AvgIpc) is 2.89. The number of unbranched alkanes of at least 4 members (excludes halogenated alkanes) is 2. The van der Waals surface area contributed by atoms with Crippen LogP contribution in [0.1, 0.15) is 78.2 Å². The number of esters is 1. The summed E-state index contributed by atoms with van der Waals surface area (Å²) in [5.41, 5.74) is 0.444. The molecule has 1 heterocycles. The molecule has 1 N–H and O–H groups in total. The number of benzene rings is 1. The zero-order valence-corrected chi connectivity index (χ0v) is 25.2. The van der Waals surface area contributed by atoms with E-state index in [1.807, 2.05) is 56.9 Å². The molecule has 1 aromatic rings. The van der Waals surface area contributed by atoms with Crippen molar-refractivity contribution in [2.45, 2.75) is 84.7 Å². The van der Waals surface area contributed by atoms with E-state index in [1.54, 1.807) is 0 Å². The topological polar surface area (TPSA) is 111 Å². The molecule has 0 radical (unpaired) electrons. The second-order valence-electron chi connectivity index (χ2n) is 11.3. The van der Waals surface area contributed by atoms with Gasteiger partial charge in [-0.2, -0.15) is 0 Å². The fraction of sp³-hybridized carbons (Fsp3) is 0.724. The number of methoxy groups -OCH3 is 1. The highest BCUT2D eigenvalue weighted by Gasteiger charge is 2.26. The molecule has 1 amide bonds. The fourth-order valence-corrected chi connectivity index (χ4v) is 5.77. The van der Waals surface area contributed by atoms with Gasteiger partial charge in [0.2, 0.25) is 10.0 Å². The molecular formula is C29H48N2O7S. The SMILES string of the molecule is CCCCS(=O)(=O)NCC(Cc1ccc(OCCCCC2CCN(C(=O)OC(C)(C)C)CC2)cc1)C(=O)OC. The van der Waals surface area contributed by atoms with E-state index >= 15 is 0 Å². The van der Waals surface area contributed by atoms with Crippen LogP contribution in [-0.2, 0) is 30.7 Å². The predicted octanol–water partition coefficient (Wildman–Crippen LogP) is 4.93. The summed E-state index contributed by atoms with van der Waals surface area (Å²) in [6, 6.07) is 7.55. The minimum Gasteiger partial charge on any atom is -0.494 e. The Labute approximate surface area is 235 Å². The van der Waals surface area contributed by atoms with Gasteiger partial charge in [0.1, 0.15) is 11.4 Å². The summed E-state index contributed by atoms with van der Waals surface area (Å²) < 4.78 is 43.0. The maximum Gasteiger partial charge on any atom is 0.410 e. The van der Waals surface area contributed by atoms with Gasteiger partial charge in [0.05, 0.1) is 25.4 Å². The predicted molar refractivity (Wildman–Crippen MR) is 152 cm³/mol. The Hall–Kier alpha value is -2.33. The standard InChI is InChI=1S/C29H48N2O7S/c1-6-7-20-39(34,35)30-22-25(27(32)36-5)21-24-11-13-26(14-12-24)37-19-9-8-10-23-15-17-31(18-16-23)28(33)38-29(2,3)4/h11-14,23,25,30H,6-10,15-22H2,1-5H3. The van der Waals surface area contributed by atoms with Crippen LogP contribution in [0.5, 0.6) is 5.75 Å². The molecule has 1 saturated heterocycles. The molecule has 222 valence electrons. The molecule has 10 heteroatoms. The van der Waals surface area contributed by atoms with Gasteiger partial charge in [-0.05, 0) is 82.9 Å². The number of nitrogens with zero attached hydrogens (tertiary/aromatic N) is 1. The van der Waals surface area contributed by atoms with Crippen molar-refractivity contribution in [3.63, 3.8) is 0 Å². The number of nitrogens with one attached hydrogen (secondary N) is 1. The number of carbonyl (C=O) groups excluding carboxylic acids is 2. The molecule has 39 heavy (non-hydrogen) atoms.